The molecule has 0 saturated heterocycles. The molecule has 1 amide bonds. The summed E-state index contributed by atoms with van der Waals surface area (Å²) in [5, 5.41) is 6.79. The summed E-state index contributed by atoms with van der Waals surface area (Å²) in [6, 6.07) is 7.12. The molecule has 0 spiro atoms. The number of carbonyl (C=O) groups is 1. The number of nitrogens with one attached hydrogen (secondary N) is 1. The van der Waals surface area contributed by atoms with Gasteiger partial charge in [-0.05, 0) is 49.8 Å². The maximum absolute atomic E-state index is 13.0. The van der Waals surface area contributed by atoms with Gasteiger partial charge in [-0.2, -0.15) is 0 Å². The molecule has 1 aliphatic heterocycles. The van der Waals surface area contributed by atoms with E-state index in [0.717, 1.165) is 42.3 Å². The number of benzene rings is 1. The molecule has 0 radical (unpaired) electrons. The van der Waals surface area contributed by atoms with Gasteiger partial charge in [0.1, 0.15) is 0 Å². The molecule has 2 saturated carbocycles. The number of aromatic nitrogens is 1. The molecule has 1 N–H and O–H groups in total. The van der Waals surface area contributed by atoms with Crippen LogP contribution in [0.25, 0.3) is 11.3 Å². The van der Waals surface area contributed by atoms with E-state index in [1.54, 1.807) is 11.3 Å². The van der Waals surface area contributed by atoms with Gasteiger partial charge in [0, 0.05) is 35.1 Å². The van der Waals surface area contributed by atoms with Crippen molar-refractivity contribution in [3.05, 3.63) is 29.1 Å². The first-order chi connectivity index (χ1) is 13.8. The summed E-state index contributed by atoms with van der Waals surface area (Å²) < 4.78 is 0. The van der Waals surface area contributed by atoms with Gasteiger partial charge in [0.15, 0.2) is 5.13 Å². The highest BCUT2D eigenvalue weighted by Crippen LogP contribution is 2.36. The molecule has 4 nitrogen and oxygen atoms in total. The van der Waals surface area contributed by atoms with E-state index in [2.05, 4.69) is 28.9 Å². The molecule has 5 rings (SSSR count). The zero-order valence-corrected chi connectivity index (χ0v) is 17.3. The van der Waals surface area contributed by atoms with Crippen molar-refractivity contribution >= 4 is 28.1 Å². The van der Waals surface area contributed by atoms with Crippen LogP contribution in [0.5, 0.6) is 0 Å². The van der Waals surface area contributed by atoms with Crippen LogP contribution in [0.1, 0.15) is 63.4 Å². The van der Waals surface area contributed by atoms with Gasteiger partial charge in [0.2, 0.25) is 5.91 Å². The van der Waals surface area contributed by atoms with Gasteiger partial charge >= 0.3 is 0 Å². The second kappa shape index (κ2) is 7.86. The van der Waals surface area contributed by atoms with E-state index in [9.17, 15) is 4.79 Å². The summed E-state index contributed by atoms with van der Waals surface area (Å²) in [6.07, 6.45) is 12.0. The standard InChI is InChI=1S/C23H29N3OS/c27-22(16-6-2-1-3-7-16)26-13-12-18-14-17(10-11-21(18)26)20-15-28-23(25-20)24-19-8-4-5-9-19/h10-11,14-16,19H,1-9,12-13H2,(H,24,25). The molecule has 148 valence electrons. The van der Waals surface area contributed by atoms with Crippen molar-refractivity contribution in [2.75, 3.05) is 16.8 Å². The lowest BCUT2D eigenvalue weighted by molar-refractivity contribution is -0.123. The average molecular weight is 396 g/mol. The fourth-order valence-corrected chi connectivity index (χ4v) is 5.88. The molecule has 3 aliphatic rings. The lowest BCUT2D eigenvalue weighted by Gasteiger charge is -2.26. The van der Waals surface area contributed by atoms with Gasteiger partial charge in [-0.3, -0.25) is 4.79 Å². The number of hydrogen-bond donors (Lipinski definition) is 1. The number of fused-ring (bicyclic) bond motifs is 1. The third-order valence-corrected chi connectivity index (χ3v) is 7.45. The van der Waals surface area contributed by atoms with Crippen molar-refractivity contribution in [2.45, 2.75) is 70.3 Å². The number of anilines is 2. The monoisotopic (exact) mass is 395 g/mol. The maximum Gasteiger partial charge on any atom is 0.230 e. The highest BCUT2D eigenvalue weighted by molar-refractivity contribution is 7.14. The van der Waals surface area contributed by atoms with Crippen LogP contribution < -0.4 is 10.2 Å². The Labute approximate surface area is 171 Å². The minimum Gasteiger partial charge on any atom is -0.359 e. The number of thiazole rings is 1. The topological polar surface area (TPSA) is 45.2 Å². The van der Waals surface area contributed by atoms with Crippen molar-refractivity contribution < 1.29 is 4.79 Å². The Balaban J connectivity index is 1.31. The van der Waals surface area contributed by atoms with Gasteiger partial charge < -0.3 is 10.2 Å². The largest absolute Gasteiger partial charge is 0.359 e. The Morgan fingerprint density at radius 2 is 1.86 bits per heavy atom. The number of hydrogen-bond acceptors (Lipinski definition) is 4. The first-order valence-electron chi connectivity index (χ1n) is 10.9. The quantitative estimate of drug-likeness (QED) is 0.729. The van der Waals surface area contributed by atoms with E-state index in [1.165, 1.54) is 56.1 Å². The molecule has 1 aromatic carbocycles. The zero-order chi connectivity index (χ0) is 18.9. The fourth-order valence-electron chi connectivity index (χ4n) is 5.08. The SMILES string of the molecule is O=C(C1CCCCC1)N1CCc2cc(-c3csc(NC4CCCC4)n3)ccc21. The zero-order valence-electron chi connectivity index (χ0n) is 16.5. The smallest absolute Gasteiger partial charge is 0.230 e. The van der Waals surface area contributed by atoms with Gasteiger partial charge in [-0.25, -0.2) is 4.98 Å². The lowest BCUT2D eigenvalue weighted by Crippen LogP contribution is -2.35. The first kappa shape index (κ1) is 18.2. The van der Waals surface area contributed by atoms with E-state index in [-0.39, 0.29) is 5.92 Å². The van der Waals surface area contributed by atoms with E-state index >= 15 is 0 Å². The second-order valence-electron chi connectivity index (χ2n) is 8.58. The van der Waals surface area contributed by atoms with Crippen LogP contribution in [-0.2, 0) is 11.2 Å². The van der Waals surface area contributed by atoms with Crippen LogP contribution in [0, 0.1) is 5.92 Å². The van der Waals surface area contributed by atoms with Crippen LogP contribution in [-0.4, -0.2) is 23.5 Å². The molecule has 2 aromatic rings. The summed E-state index contributed by atoms with van der Waals surface area (Å²) in [5.41, 5.74) is 4.63. The van der Waals surface area contributed by atoms with Crippen molar-refractivity contribution in [1.29, 1.82) is 0 Å². The van der Waals surface area contributed by atoms with Crippen LogP contribution in [0.3, 0.4) is 0 Å². The Hall–Kier alpha value is -1.88. The Bertz CT molecular complexity index is 849. The van der Waals surface area contributed by atoms with E-state index < -0.39 is 0 Å². The van der Waals surface area contributed by atoms with E-state index in [0.29, 0.717) is 11.9 Å². The highest BCUT2D eigenvalue weighted by atomic mass is 32.1. The second-order valence-corrected chi connectivity index (χ2v) is 9.44. The maximum atomic E-state index is 13.0. The fraction of sp³-hybridized carbons (Fsp3) is 0.565. The Morgan fingerprint density at radius 1 is 1.07 bits per heavy atom. The minimum atomic E-state index is 0.238. The summed E-state index contributed by atoms with van der Waals surface area (Å²) in [5.74, 6) is 0.588. The number of carbonyl (C=O) groups excluding carboxylic acids is 1. The molecular formula is C23H29N3OS. The predicted molar refractivity (Wildman–Crippen MR) is 116 cm³/mol. The molecule has 0 bridgehead atoms. The molecule has 0 unspecified atom stereocenters. The van der Waals surface area contributed by atoms with Crippen molar-refractivity contribution in [1.82, 2.24) is 4.98 Å². The highest BCUT2D eigenvalue weighted by Gasteiger charge is 2.31. The number of amides is 1. The summed E-state index contributed by atoms with van der Waals surface area (Å²) in [4.78, 5) is 19.9. The molecular weight excluding hydrogens is 366 g/mol. The third-order valence-electron chi connectivity index (χ3n) is 6.68. The Morgan fingerprint density at radius 3 is 2.68 bits per heavy atom. The minimum absolute atomic E-state index is 0.238. The van der Waals surface area contributed by atoms with Crippen LogP contribution in [0.15, 0.2) is 23.6 Å². The van der Waals surface area contributed by atoms with E-state index in [4.69, 9.17) is 4.98 Å². The van der Waals surface area contributed by atoms with Crippen LogP contribution >= 0.6 is 11.3 Å². The van der Waals surface area contributed by atoms with Crippen molar-refractivity contribution in [3.8, 4) is 11.3 Å². The normalized spacial score (nSPS) is 20.5. The predicted octanol–water partition coefficient (Wildman–Crippen LogP) is 5.63. The average Bonchev–Trinajstić information content (AvgIpc) is 3.49. The molecule has 0 atom stereocenters. The molecule has 2 heterocycles. The van der Waals surface area contributed by atoms with Crippen LogP contribution in [0.4, 0.5) is 10.8 Å². The van der Waals surface area contributed by atoms with Crippen LogP contribution in [0.2, 0.25) is 0 Å². The Kier molecular flexibility index (Phi) is 5.10. The van der Waals surface area contributed by atoms with E-state index in [1.807, 2.05) is 4.90 Å². The van der Waals surface area contributed by atoms with Gasteiger partial charge in [-0.1, -0.05) is 38.2 Å². The van der Waals surface area contributed by atoms with Gasteiger partial charge in [0.05, 0.1) is 5.69 Å². The summed E-state index contributed by atoms with van der Waals surface area (Å²) >= 11 is 1.70. The lowest BCUT2D eigenvalue weighted by atomic mass is 9.88. The third kappa shape index (κ3) is 3.57. The summed E-state index contributed by atoms with van der Waals surface area (Å²) in [7, 11) is 0. The van der Waals surface area contributed by atoms with Gasteiger partial charge in [-0.15, -0.1) is 11.3 Å². The van der Waals surface area contributed by atoms with Crippen molar-refractivity contribution in [2.24, 2.45) is 5.92 Å². The molecule has 2 aliphatic carbocycles. The molecule has 5 heteroatoms. The molecule has 1 aromatic heterocycles. The van der Waals surface area contributed by atoms with Crippen molar-refractivity contribution in [3.63, 3.8) is 0 Å². The number of nitrogens with zero attached hydrogens (tertiary/aromatic N) is 2. The number of rotatable bonds is 4. The van der Waals surface area contributed by atoms with Gasteiger partial charge in [0.25, 0.3) is 0 Å². The first-order valence-corrected chi connectivity index (χ1v) is 11.8. The molecule has 2 fully saturated rings. The molecule has 28 heavy (non-hydrogen) atoms. The summed E-state index contributed by atoms with van der Waals surface area (Å²) in [6.45, 7) is 0.833.